The van der Waals surface area contributed by atoms with Crippen LogP contribution in [0.3, 0.4) is 0 Å². The number of hydrogen-bond donors (Lipinski definition) is 1. The number of pyridine rings is 1. The van der Waals surface area contributed by atoms with Crippen LogP contribution in [-0.2, 0) is 10.0 Å². The van der Waals surface area contributed by atoms with Gasteiger partial charge in [0.15, 0.2) is 0 Å². The fourth-order valence-electron chi connectivity index (χ4n) is 2.37. The van der Waals surface area contributed by atoms with E-state index in [0.717, 1.165) is 0 Å². The highest BCUT2D eigenvalue weighted by molar-refractivity contribution is 7.89. The van der Waals surface area contributed by atoms with Crippen LogP contribution in [0.25, 0.3) is 22.0 Å². The second-order valence-electron chi connectivity index (χ2n) is 5.00. The molecule has 0 unspecified atom stereocenters. The zero-order valence-electron chi connectivity index (χ0n) is 12.0. The summed E-state index contributed by atoms with van der Waals surface area (Å²) in [7, 11) is -3.91. The Labute approximate surface area is 141 Å². The monoisotopic (exact) mass is 363 g/mol. The van der Waals surface area contributed by atoms with E-state index in [0.29, 0.717) is 27.1 Å². The lowest BCUT2D eigenvalue weighted by molar-refractivity contribution is -0.384. The molecule has 0 amide bonds. The SMILES string of the molecule is NS(=O)(=O)c1ccc(Cl)c(-c2ccnc3ccc([N+](=O)[O-])cc23)c1. The maximum Gasteiger partial charge on any atom is 0.270 e. The van der Waals surface area contributed by atoms with Crippen LogP contribution in [0, 0.1) is 10.1 Å². The van der Waals surface area contributed by atoms with Crippen LogP contribution in [0.4, 0.5) is 5.69 Å². The third kappa shape index (κ3) is 2.94. The smallest absolute Gasteiger partial charge is 0.258 e. The quantitative estimate of drug-likeness (QED) is 0.566. The van der Waals surface area contributed by atoms with Crippen molar-refractivity contribution in [3.05, 3.63) is 63.8 Å². The Kier molecular flexibility index (Phi) is 3.96. The van der Waals surface area contributed by atoms with Crippen molar-refractivity contribution < 1.29 is 13.3 Å². The number of fused-ring (bicyclic) bond motifs is 1. The normalized spacial score (nSPS) is 11.6. The summed E-state index contributed by atoms with van der Waals surface area (Å²) >= 11 is 6.19. The number of non-ortho nitro benzene ring substituents is 1. The van der Waals surface area contributed by atoms with Crippen LogP contribution in [0.5, 0.6) is 0 Å². The van der Waals surface area contributed by atoms with Crippen LogP contribution in [0.15, 0.2) is 53.6 Å². The topological polar surface area (TPSA) is 116 Å². The van der Waals surface area contributed by atoms with E-state index in [4.69, 9.17) is 16.7 Å². The molecule has 0 radical (unpaired) electrons. The van der Waals surface area contributed by atoms with Crippen LogP contribution in [0.1, 0.15) is 0 Å². The van der Waals surface area contributed by atoms with E-state index in [1.165, 1.54) is 42.6 Å². The van der Waals surface area contributed by atoms with Crippen molar-refractivity contribution in [1.29, 1.82) is 0 Å². The van der Waals surface area contributed by atoms with Crippen molar-refractivity contribution in [1.82, 2.24) is 4.98 Å². The third-order valence-electron chi connectivity index (χ3n) is 3.49. The van der Waals surface area contributed by atoms with Gasteiger partial charge in [0.1, 0.15) is 0 Å². The first-order chi connectivity index (χ1) is 11.3. The van der Waals surface area contributed by atoms with E-state index in [1.807, 2.05) is 0 Å². The highest BCUT2D eigenvalue weighted by Gasteiger charge is 2.16. The van der Waals surface area contributed by atoms with Crippen molar-refractivity contribution in [2.24, 2.45) is 5.14 Å². The van der Waals surface area contributed by atoms with Gasteiger partial charge >= 0.3 is 0 Å². The van der Waals surface area contributed by atoms with E-state index in [-0.39, 0.29) is 10.6 Å². The van der Waals surface area contributed by atoms with Gasteiger partial charge < -0.3 is 0 Å². The highest BCUT2D eigenvalue weighted by atomic mass is 35.5. The molecule has 9 heteroatoms. The van der Waals surface area contributed by atoms with Crippen molar-refractivity contribution in [2.75, 3.05) is 0 Å². The summed E-state index contributed by atoms with van der Waals surface area (Å²) in [5.41, 5.74) is 1.35. The van der Waals surface area contributed by atoms with Gasteiger partial charge in [0.2, 0.25) is 10.0 Å². The molecule has 0 atom stereocenters. The molecule has 1 heterocycles. The van der Waals surface area contributed by atoms with E-state index >= 15 is 0 Å². The molecule has 2 aromatic carbocycles. The number of nitrogens with zero attached hydrogens (tertiary/aromatic N) is 2. The first-order valence-electron chi connectivity index (χ1n) is 6.63. The van der Waals surface area contributed by atoms with Crippen LogP contribution >= 0.6 is 11.6 Å². The Balaban J connectivity index is 2.34. The summed E-state index contributed by atoms with van der Waals surface area (Å²) < 4.78 is 23.1. The molecule has 0 aliphatic heterocycles. The molecule has 0 saturated heterocycles. The molecule has 0 saturated carbocycles. The summed E-state index contributed by atoms with van der Waals surface area (Å²) in [6.45, 7) is 0. The van der Waals surface area contributed by atoms with E-state index in [1.54, 1.807) is 6.07 Å². The van der Waals surface area contributed by atoms with Crippen LogP contribution in [-0.4, -0.2) is 18.3 Å². The average Bonchev–Trinajstić information content (AvgIpc) is 2.53. The Bertz CT molecular complexity index is 1080. The third-order valence-corrected chi connectivity index (χ3v) is 4.73. The van der Waals surface area contributed by atoms with Gasteiger partial charge in [-0.25, -0.2) is 13.6 Å². The number of primary sulfonamides is 1. The van der Waals surface area contributed by atoms with Gasteiger partial charge in [-0.15, -0.1) is 0 Å². The molecule has 2 N–H and O–H groups in total. The maximum atomic E-state index is 11.6. The van der Waals surface area contributed by atoms with Crippen LogP contribution < -0.4 is 5.14 Å². The maximum absolute atomic E-state index is 11.6. The van der Waals surface area contributed by atoms with Crippen LogP contribution in [0.2, 0.25) is 5.02 Å². The average molecular weight is 364 g/mol. The van der Waals surface area contributed by atoms with Crippen molar-refractivity contribution >= 4 is 38.2 Å². The lowest BCUT2D eigenvalue weighted by Crippen LogP contribution is -2.12. The number of nitro benzene ring substituents is 1. The van der Waals surface area contributed by atoms with E-state index in [9.17, 15) is 18.5 Å². The summed E-state index contributed by atoms with van der Waals surface area (Å²) in [5, 5.41) is 16.9. The molecular weight excluding hydrogens is 354 g/mol. The molecule has 3 aromatic rings. The summed E-state index contributed by atoms with van der Waals surface area (Å²) in [6.07, 6.45) is 1.52. The van der Waals surface area contributed by atoms with Gasteiger partial charge in [-0.3, -0.25) is 15.1 Å². The fraction of sp³-hybridized carbons (Fsp3) is 0. The Morgan fingerprint density at radius 3 is 2.50 bits per heavy atom. The second kappa shape index (κ2) is 5.82. The number of nitrogens with two attached hydrogens (primary N) is 1. The van der Waals surface area contributed by atoms with Gasteiger partial charge in [-0.05, 0) is 35.9 Å². The van der Waals surface area contributed by atoms with Crippen molar-refractivity contribution in [3.8, 4) is 11.1 Å². The number of halogens is 1. The Morgan fingerprint density at radius 2 is 1.83 bits per heavy atom. The van der Waals surface area contributed by atoms with E-state index < -0.39 is 14.9 Å². The predicted molar refractivity (Wildman–Crippen MR) is 90.2 cm³/mol. The molecule has 0 fully saturated rings. The molecule has 7 nitrogen and oxygen atoms in total. The number of sulfonamides is 1. The molecule has 24 heavy (non-hydrogen) atoms. The van der Waals surface area contributed by atoms with Gasteiger partial charge in [0.25, 0.3) is 5.69 Å². The summed E-state index contributed by atoms with van der Waals surface area (Å²) in [5.74, 6) is 0. The molecule has 0 aliphatic rings. The molecule has 0 aliphatic carbocycles. The minimum atomic E-state index is -3.91. The van der Waals surface area contributed by atoms with Gasteiger partial charge in [-0.1, -0.05) is 11.6 Å². The first-order valence-corrected chi connectivity index (χ1v) is 8.56. The summed E-state index contributed by atoms with van der Waals surface area (Å²) in [6, 6.07) is 9.91. The molecule has 1 aromatic heterocycles. The minimum Gasteiger partial charge on any atom is -0.258 e. The molecule has 3 rings (SSSR count). The van der Waals surface area contributed by atoms with E-state index in [2.05, 4.69) is 4.98 Å². The minimum absolute atomic E-state index is 0.0997. The van der Waals surface area contributed by atoms with Gasteiger partial charge in [-0.2, -0.15) is 0 Å². The molecule has 122 valence electrons. The zero-order chi connectivity index (χ0) is 17.5. The Hall–Kier alpha value is -2.55. The van der Waals surface area contributed by atoms with Crippen molar-refractivity contribution in [3.63, 3.8) is 0 Å². The molecule has 0 spiro atoms. The number of hydrogen-bond acceptors (Lipinski definition) is 5. The standard InChI is InChI=1S/C15H10ClN3O4S/c16-14-3-2-10(24(17,22)23)8-12(14)11-5-6-18-15-4-1-9(19(20)21)7-13(11)15/h1-8H,(H2,17,22,23). The number of benzene rings is 2. The zero-order valence-corrected chi connectivity index (χ0v) is 13.6. The lowest BCUT2D eigenvalue weighted by Gasteiger charge is -2.10. The predicted octanol–water partition coefficient (Wildman–Crippen LogP) is 3.11. The van der Waals surface area contributed by atoms with Crippen molar-refractivity contribution in [2.45, 2.75) is 4.90 Å². The number of rotatable bonds is 3. The number of nitro groups is 1. The highest BCUT2D eigenvalue weighted by Crippen LogP contribution is 2.35. The largest absolute Gasteiger partial charge is 0.270 e. The molecule has 0 bridgehead atoms. The fourth-order valence-corrected chi connectivity index (χ4v) is 3.13. The second-order valence-corrected chi connectivity index (χ2v) is 6.97. The first kappa shape index (κ1) is 16.3. The lowest BCUT2D eigenvalue weighted by atomic mass is 10.0. The molecular formula is C15H10ClN3O4S. The number of aromatic nitrogens is 1. The van der Waals surface area contributed by atoms with Gasteiger partial charge in [0, 0.05) is 34.3 Å². The summed E-state index contributed by atoms with van der Waals surface area (Å²) in [4.78, 5) is 14.6. The Morgan fingerprint density at radius 1 is 1.08 bits per heavy atom. The van der Waals surface area contributed by atoms with Gasteiger partial charge in [0.05, 0.1) is 15.3 Å².